The van der Waals surface area contributed by atoms with Crippen molar-refractivity contribution in [3.05, 3.63) is 22.2 Å². The third-order valence-electron chi connectivity index (χ3n) is 3.42. The smallest absolute Gasteiger partial charge is 0.162 e. The van der Waals surface area contributed by atoms with Crippen molar-refractivity contribution in [3.63, 3.8) is 0 Å². The molecule has 2 nitrogen and oxygen atoms in total. The Morgan fingerprint density at radius 2 is 1.50 bits per heavy atom. The number of hydrogen-bond acceptors (Lipinski definition) is 2. The second-order valence-corrected chi connectivity index (χ2v) is 5.99. The quantitative estimate of drug-likeness (QED) is 0.530. The molecule has 114 valence electrons. The van der Waals surface area contributed by atoms with Crippen molar-refractivity contribution in [2.75, 3.05) is 13.2 Å². The summed E-state index contributed by atoms with van der Waals surface area (Å²) >= 11 is 10.3. The van der Waals surface area contributed by atoms with Crippen molar-refractivity contribution >= 4 is 27.5 Å². The Balaban J connectivity index is 3.16. The van der Waals surface area contributed by atoms with E-state index in [1.807, 2.05) is 26.0 Å². The SMILES string of the molecule is CCOc1cc(Br)c(C(Cl)C(CC)CC)cc1OCC. The Morgan fingerprint density at radius 1 is 1.00 bits per heavy atom. The van der Waals surface area contributed by atoms with Gasteiger partial charge in [-0.2, -0.15) is 0 Å². The average Bonchev–Trinajstić information content (AvgIpc) is 2.43. The Hall–Kier alpha value is -0.410. The Labute approximate surface area is 135 Å². The summed E-state index contributed by atoms with van der Waals surface area (Å²) in [7, 11) is 0. The first-order valence-corrected chi connectivity index (χ1v) is 8.54. The van der Waals surface area contributed by atoms with Crippen LogP contribution in [0.1, 0.15) is 51.5 Å². The van der Waals surface area contributed by atoms with Gasteiger partial charge in [-0.3, -0.25) is 0 Å². The first kappa shape index (κ1) is 17.6. The fraction of sp³-hybridized carbons (Fsp3) is 0.625. The second kappa shape index (κ2) is 8.78. The highest BCUT2D eigenvalue weighted by atomic mass is 79.9. The minimum absolute atomic E-state index is 0.0192. The zero-order valence-corrected chi connectivity index (χ0v) is 15.1. The minimum atomic E-state index is -0.0192. The van der Waals surface area contributed by atoms with Gasteiger partial charge in [-0.05, 0) is 37.5 Å². The maximum absolute atomic E-state index is 6.65. The van der Waals surface area contributed by atoms with E-state index in [1.165, 1.54) is 0 Å². The van der Waals surface area contributed by atoms with Crippen LogP contribution in [-0.4, -0.2) is 13.2 Å². The summed E-state index contributed by atoms with van der Waals surface area (Å²) in [6.45, 7) is 9.51. The summed E-state index contributed by atoms with van der Waals surface area (Å²) in [6, 6.07) is 3.97. The Kier molecular flexibility index (Phi) is 7.75. The summed E-state index contributed by atoms with van der Waals surface area (Å²) < 4.78 is 12.3. The van der Waals surface area contributed by atoms with Crippen LogP contribution in [-0.2, 0) is 0 Å². The molecule has 0 aliphatic carbocycles. The fourth-order valence-corrected chi connectivity index (χ4v) is 3.49. The van der Waals surface area contributed by atoms with E-state index in [1.54, 1.807) is 0 Å². The third kappa shape index (κ3) is 4.29. The van der Waals surface area contributed by atoms with Gasteiger partial charge >= 0.3 is 0 Å². The zero-order valence-electron chi connectivity index (χ0n) is 12.7. The van der Waals surface area contributed by atoms with Gasteiger partial charge in [0.05, 0.1) is 18.6 Å². The number of halogens is 2. The predicted molar refractivity (Wildman–Crippen MR) is 89.1 cm³/mol. The van der Waals surface area contributed by atoms with Gasteiger partial charge < -0.3 is 9.47 Å². The van der Waals surface area contributed by atoms with Crippen molar-refractivity contribution in [1.82, 2.24) is 0 Å². The maximum atomic E-state index is 6.65. The van der Waals surface area contributed by atoms with E-state index in [0.717, 1.165) is 34.4 Å². The highest BCUT2D eigenvalue weighted by Gasteiger charge is 2.22. The molecule has 0 radical (unpaired) electrons. The summed E-state index contributed by atoms with van der Waals surface area (Å²) in [5, 5.41) is -0.0192. The van der Waals surface area contributed by atoms with Gasteiger partial charge in [0, 0.05) is 4.47 Å². The predicted octanol–water partition coefficient (Wildman–Crippen LogP) is 5.96. The van der Waals surface area contributed by atoms with E-state index in [9.17, 15) is 0 Å². The molecule has 1 aromatic carbocycles. The molecule has 4 heteroatoms. The lowest BCUT2D eigenvalue weighted by atomic mass is 9.94. The second-order valence-electron chi connectivity index (χ2n) is 4.66. The van der Waals surface area contributed by atoms with Crippen LogP contribution < -0.4 is 9.47 Å². The van der Waals surface area contributed by atoms with Crippen LogP contribution in [0.2, 0.25) is 0 Å². The number of hydrogen-bond donors (Lipinski definition) is 0. The van der Waals surface area contributed by atoms with Crippen LogP contribution in [0.3, 0.4) is 0 Å². The molecule has 0 saturated carbocycles. The molecule has 0 fully saturated rings. The lowest BCUT2D eigenvalue weighted by Gasteiger charge is -2.22. The molecule has 0 amide bonds. The molecule has 0 N–H and O–H groups in total. The maximum Gasteiger partial charge on any atom is 0.162 e. The monoisotopic (exact) mass is 362 g/mol. The molecule has 1 rings (SSSR count). The highest BCUT2D eigenvalue weighted by Crippen LogP contribution is 2.42. The molecule has 0 bridgehead atoms. The standard InChI is InChI=1S/C16H24BrClO2/c1-5-11(6-2)16(18)12-9-14(19-7-3)15(20-8-4)10-13(12)17/h9-11,16H,5-8H2,1-4H3. The third-order valence-corrected chi connectivity index (χ3v) is 4.70. The average molecular weight is 364 g/mol. The van der Waals surface area contributed by atoms with E-state index >= 15 is 0 Å². The number of benzene rings is 1. The molecular formula is C16H24BrClO2. The van der Waals surface area contributed by atoms with Crippen LogP contribution in [0, 0.1) is 5.92 Å². The van der Waals surface area contributed by atoms with Gasteiger partial charge in [-0.25, -0.2) is 0 Å². The topological polar surface area (TPSA) is 18.5 Å². The molecule has 0 saturated heterocycles. The van der Waals surface area contributed by atoms with Crippen LogP contribution in [0.4, 0.5) is 0 Å². The molecule has 0 spiro atoms. The largest absolute Gasteiger partial charge is 0.490 e. The van der Waals surface area contributed by atoms with E-state index in [2.05, 4.69) is 29.8 Å². The number of alkyl halides is 1. The normalized spacial score (nSPS) is 12.6. The first-order valence-electron chi connectivity index (χ1n) is 7.31. The molecule has 0 aliphatic rings. The number of rotatable bonds is 8. The van der Waals surface area contributed by atoms with Crippen molar-refractivity contribution in [2.24, 2.45) is 5.92 Å². The van der Waals surface area contributed by atoms with E-state index < -0.39 is 0 Å². The van der Waals surface area contributed by atoms with Gasteiger partial charge in [0.15, 0.2) is 11.5 Å². The van der Waals surface area contributed by atoms with Crippen molar-refractivity contribution < 1.29 is 9.47 Å². The van der Waals surface area contributed by atoms with Crippen LogP contribution in [0.5, 0.6) is 11.5 Å². The minimum Gasteiger partial charge on any atom is -0.490 e. The molecule has 0 aromatic heterocycles. The van der Waals surface area contributed by atoms with Gasteiger partial charge in [0.1, 0.15) is 0 Å². The summed E-state index contributed by atoms with van der Waals surface area (Å²) in [4.78, 5) is 0. The number of ether oxygens (including phenoxy) is 2. The fourth-order valence-electron chi connectivity index (χ4n) is 2.26. The first-order chi connectivity index (χ1) is 9.58. The van der Waals surface area contributed by atoms with Crippen LogP contribution >= 0.6 is 27.5 Å². The highest BCUT2D eigenvalue weighted by molar-refractivity contribution is 9.10. The van der Waals surface area contributed by atoms with Gasteiger partial charge in [-0.1, -0.05) is 42.6 Å². The Morgan fingerprint density at radius 3 is 1.95 bits per heavy atom. The van der Waals surface area contributed by atoms with Gasteiger partial charge in [0.25, 0.3) is 0 Å². The van der Waals surface area contributed by atoms with E-state index in [0.29, 0.717) is 19.1 Å². The summed E-state index contributed by atoms with van der Waals surface area (Å²) in [6.07, 6.45) is 2.13. The lowest BCUT2D eigenvalue weighted by Crippen LogP contribution is -2.08. The molecule has 1 unspecified atom stereocenters. The molecule has 1 atom stereocenters. The molecule has 0 aliphatic heterocycles. The summed E-state index contributed by atoms with van der Waals surface area (Å²) in [5.41, 5.74) is 1.08. The summed E-state index contributed by atoms with van der Waals surface area (Å²) in [5.74, 6) is 1.99. The lowest BCUT2D eigenvalue weighted by molar-refractivity contribution is 0.287. The van der Waals surface area contributed by atoms with E-state index in [4.69, 9.17) is 21.1 Å². The van der Waals surface area contributed by atoms with Crippen molar-refractivity contribution in [3.8, 4) is 11.5 Å². The zero-order chi connectivity index (χ0) is 15.1. The van der Waals surface area contributed by atoms with Crippen molar-refractivity contribution in [1.29, 1.82) is 0 Å². The van der Waals surface area contributed by atoms with Gasteiger partial charge in [0.2, 0.25) is 0 Å². The van der Waals surface area contributed by atoms with Crippen molar-refractivity contribution in [2.45, 2.75) is 45.9 Å². The Bertz CT molecular complexity index is 419. The van der Waals surface area contributed by atoms with E-state index in [-0.39, 0.29) is 5.38 Å². The molecule has 20 heavy (non-hydrogen) atoms. The van der Waals surface area contributed by atoms with Gasteiger partial charge in [-0.15, -0.1) is 11.6 Å². The van der Waals surface area contributed by atoms with Crippen LogP contribution in [0.15, 0.2) is 16.6 Å². The molecule has 1 aromatic rings. The molecular weight excluding hydrogens is 340 g/mol. The molecule has 0 heterocycles. The van der Waals surface area contributed by atoms with Crippen LogP contribution in [0.25, 0.3) is 0 Å².